The van der Waals surface area contributed by atoms with E-state index < -0.39 is 5.91 Å². The van der Waals surface area contributed by atoms with Crippen LogP contribution in [0.25, 0.3) is 10.8 Å². The fourth-order valence-corrected chi connectivity index (χ4v) is 2.48. The molecule has 0 aliphatic heterocycles. The molecule has 7 nitrogen and oxygen atoms in total. The lowest BCUT2D eigenvalue weighted by atomic mass is 10.1. The molecule has 3 aromatic rings. The number of carbonyl (C=O) groups excluding carboxylic acids is 2. The normalized spacial score (nSPS) is 10.4. The fourth-order valence-electron chi connectivity index (χ4n) is 2.48. The molecule has 2 aromatic carbocycles. The standard InChI is InChI=1S/C18H16N4O3/c1-2-19-16(23)11-6-5-7-12(10-11)20-18(25)15-13-8-3-4-9-14(13)17(24)22-21-15/h3-10H,2H2,1H3,(H,19,23)(H,20,25)(H,22,24). The van der Waals surface area contributed by atoms with E-state index in [1.165, 1.54) is 0 Å². The first-order valence-corrected chi connectivity index (χ1v) is 7.77. The maximum Gasteiger partial charge on any atom is 0.276 e. The average Bonchev–Trinajstić information content (AvgIpc) is 2.62. The number of H-pyrrole nitrogens is 1. The molecule has 2 amide bonds. The molecule has 3 N–H and O–H groups in total. The van der Waals surface area contributed by atoms with Crippen LogP contribution >= 0.6 is 0 Å². The number of hydrogen-bond acceptors (Lipinski definition) is 4. The third kappa shape index (κ3) is 3.40. The van der Waals surface area contributed by atoms with Crippen molar-refractivity contribution in [2.45, 2.75) is 6.92 Å². The number of nitrogens with one attached hydrogen (secondary N) is 3. The Labute approximate surface area is 143 Å². The molecule has 126 valence electrons. The molecule has 7 heteroatoms. The van der Waals surface area contributed by atoms with E-state index in [2.05, 4.69) is 20.8 Å². The van der Waals surface area contributed by atoms with E-state index in [1.807, 2.05) is 6.92 Å². The first-order valence-electron chi connectivity index (χ1n) is 7.77. The Kier molecular flexibility index (Phi) is 4.56. The molecule has 3 rings (SSSR count). The molecule has 0 unspecified atom stereocenters. The van der Waals surface area contributed by atoms with Crippen molar-refractivity contribution >= 4 is 28.3 Å². The van der Waals surface area contributed by atoms with E-state index in [4.69, 9.17) is 0 Å². The van der Waals surface area contributed by atoms with Gasteiger partial charge < -0.3 is 10.6 Å². The predicted octanol–water partition coefficient (Wildman–Crippen LogP) is 1.93. The molecular formula is C18H16N4O3. The minimum Gasteiger partial charge on any atom is -0.352 e. The van der Waals surface area contributed by atoms with Crippen molar-refractivity contribution in [2.75, 3.05) is 11.9 Å². The number of nitrogens with zero attached hydrogens (tertiary/aromatic N) is 1. The summed E-state index contributed by atoms with van der Waals surface area (Å²) in [6.07, 6.45) is 0. The maximum absolute atomic E-state index is 12.6. The Morgan fingerprint density at radius 1 is 1.04 bits per heavy atom. The first-order chi connectivity index (χ1) is 12.1. The SMILES string of the molecule is CCNC(=O)c1cccc(NC(=O)c2n[nH]c(=O)c3ccccc23)c1. The van der Waals surface area contributed by atoms with Crippen LogP contribution in [0.1, 0.15) is 27.8 Å². The highest BCUT2D eigenvalue weighted by atomic mass is 16.2. The number of benzene rings is 2. The van der Waals surface area contributed by atoms with Gasteiger partial charge in [0.25, 0.3) is 17.4 Å². The molecule has 1 aromatic heterocycles. The van der Waals surface area contributed by atoms with Crippen LogP contribution in [-0.2, 0) is 0 Å². The van der Waals surface area contributed by atoms with Gasteiger partial charge in [-0.2, -0.15) is 5.10 Å². The highest BCUT2D eigenvalue weighted by molar-refractivity contribution is 6.11. The van der Waals surface area contributed by atoms with Gasteiger partial charge in [0.2, 0.25) is 0 Å². The van der Waals surface area contributed by atoms with Crippen molar-refractivity contribution in [2.24, 2.45) is 0 Å². The van der Waals surface area contributed by atoms with Crippen LogP contribution in [-0.4, -0.2) is 28.6 Å². The molecule has 0 aliphatic carbocycles. The van der Waals surface area contributed by atoms with E-state index in [9.17, 15) is 14.4 Å². The molecule has 0 spiro atoms. The molecule has 25 heavy (non-hydrogen) atoms. The topological polar surface area (TPSA) is 104 Å². The third-order valence-corrected chi connectivity index (χ3v) is 3.63. The molecule has 0 saturated heterocycles. The van der Waals surface area contributed by atoms with E-state index in [0.717, 1.165) is 0 Å². The predicted molar refractivity (Wildman–Crippen MR) is 94.8 cm³/mol. The lowest BCUT2D eigenvalue weighted by Crippen LogP contribution is -2.23. The lowest BCUT2D eigenvalue weighted by molar-refractivity contribution is 0.0954. The Morgan fingerprint density at radius 2 is 1.80 bits per heavy atom. The average molecular weight is 336 g/mol. The lowest BCUT2D eigenvalue weighted by Gasteiger charge is -2.08. The number of aromatic nitrogens is 2. The summed E-state index contributed by atoms with van der Waals surface area (Å²) in [6.45, 7) is 2.35. The van der Waals surface area contributed by atoms with Gasteiger partial charge in [-0.1, -0.05) is 24.3 Å². The van der Waals surface area contributed by atoms with Crippen LogP contribution in [0, 0.1) is 0 Å². The van der Waals surface area contributed by atoms with Crippen molar-refractivity contribution in [3.8, 4) is 0 Å². The Balaban J connectivity index is 1.91. The summed E-state index contributed by atoms with van der Waals surface area (Å²) in [4.78, 5) is 36.2. The van der Waals surface area contributed by atoms with Crippen molar-refractivity contribution in [3.05, 3.63) is 70.1 Å². The summed E-state index contributed by atoms with van der Waals surface area (Å²) in [5, 5.41) is 12.4. The number of hydrogen-bond donors (Lipinski definition) is 3. The molecule has 0 fully saturated rings. The number of carbonyl (C=O) groups is 2. The molecule has 0 radical (unpaired) electrons. The fraction of sp³-hybridized carbons (Fsp3) is 0.111. The monoisotopic (exact) mass is 336 g/mol. The van der Waals surface area contributed by atoms with Crippen LogP contribution in [0.5, 0.6) is 0 Å². The number of anilines is 1. The summed E-state index contributed by atoms with van der Waals surface area (Å²) in [6, 6.07) is 13.3. The number of fused-ring (bicyclic) bond motifs is 1. The Morgan fingerprint density at radius 3 is 2.56 bits per heavy atom. The highest BCUT2D eigenvalue weighted by Gasteiger charge is 2.14. The number of aromatic amines is 1. The van der Waals surface area contributed by atoms with Gasteiger partial charge in [0, 0.05) is 23.2 Å². The Bertz CT molecular complexity index is 1010. The third-order valence-electron chi connectivity index (χ3n) is 3.63. The molecule has 0 atom stereocenters. The van der Waals surface area contributed by atoms with Gasteiger partial charge in [0.05, 0.1) is 5.39 Å². The Hall–Kier alpha value is -3.48. The smallest absolute Gasteiger partial charge is 0.276 e. The molecule has 0 bridgehead atoms. The van der Waals surface area contributed by atoms with Gasteiger partial charge in [0.15, 0.2) is 5.69 Å². The van der Waals surface area contributed by atoms with Crippen molar-refractivity contribution in [1.82, 2.24) is 15.5 Å². The summed E-state index contributed by atoms with van der Waals surface area (Å²) in [5.41, 5.74) is 0.661. The summed E-state index contributed by atoms with van der Waals surface area (Å²) >= 11 is 0. The zero-order chi connectivity index (χ0) is 17.8. The largest absolute Gasteiger partial charge is 0.352 e. The zero-order valence-corrected chi connectivity index (χ0v) is 13.5. The quantitative estimate of drug-likeness (QED) is 0.677. The highest BCUT2D eigenvalue weighted by Crippen LogP contribution is 2.16. The molecular weight excluding hydrogens is 320 g/mol. The van der Waals surface area contributed by atoms with E-state index in [0.29, 0.717) is 28.6 Å². The summed E-state index contributed by atoms with van der Waals surface area (Å²) < 4.78 is 0. The molecule has 0 aliphatic rings. The van der Waals surface area contributed by atoms with Gasteiger partial charge in [-0.15, -0.1) is 0 Å². The van der Waals surface area contributed by atoms with Gasteiger partial charge in [-0.25, -0.2) is 5.10 Å². The zero-order valence-electron chi connectivity index (χ0n) is 13.5. The van der Waals surface area contributed by atoms with Crippen LogP contribution in [0.3, 0.4) is 0 Å². The van der Waals surface area contributed by atoms with E-state index in [-0.39, 0.29) is 17.2 Å². The van der Waals surface area contributed by atoms with Gasteiger partial charge in [-0.05, 0) is 31.2 Å². The van der Waals surface area contributed by atoms with Crippen molar-refractivity contribution in [1.29, 1.82) is 0 Å². The number of rotatable bonds is 4. The van der Waals surface area contributed by atoms with E-state index in [1.54, 1.807) is 48.5 Å². The second kappa shape index (κ2) is 6.96. The van der Waals surface area contributed by atoms with Gasteiger partial charge >= 0.3 is 0 Å². The molecule has 0 saturated carbocycles. The van der Waals surface area contributed by atoms with Crippen molar-refractivity contribution in [3.63, 3.8) is 0 Å². The summed E-state index contributed by atoms with van der Waals surface area (Å²) in [5.74, 6) is -0.688. The minimum absolute atomic E-state index is 0.110. The van der Waals surface area contributed by atoms with Crippen molar-refractivity contribution < 1.29 is 9.59 Å². The second-order valence-electron chi connectivity index (χ2n) is 5.34. The summed E-state index contributed by atoms with van der Waals surface area (Å²) in [7, 11) is 0. The first kappa shape index (κ1) is 16.4. The van der Waals surface area contributed by atoms with Crippen LogP contribution in [0.15, 0.2) is 53.3 Å². The van der Waals surface area contributed by atoms with Gasteiger partial charge in [0.1, 0.15) is 0 Å². The number of amides is 2. The van der Waals surface area contributed by atoms with Crippen LogP contribution in [0.2, 0.25) is 0 Å². The van der Waals surface area contributed by atoms with E-state index >= 15 is 0 Å². The minimum atomic E-state index is -0.472. The van der Waals surface area contributed by atoms with Crippen LogP contribution in [0.4, 0.5) is 5.69 Å². The van der Waals surface area contributed by atoms with Gasteiger partial charge in [-0.3, -0.25) is 14.4 Å². The maximum atomic E-state index is 12.6. The molecule has 1 heterocycles. The second-order valence-corrected chi connectivity index (χ2v) is 5.34. The van der Waals surface area contributed by atoms with Crippen LogP contribution < -0.4 is 16.2 Å².